The molecule has 26 heavy (non-hydrogen) atoms. The molecule has 0 bridgehead atoms. The van der Waals surface area contributed by atoms with E-state index in [2.05, 4.69) is 96.9 Å². The van der Waals surface area contributed by atoms with Gasteiger partial charge in [0.15, 0.2) is 0 Å². The zero-order valence-electron chi connectivity index (χ0n) is 16.0. The van der Waals surface area contributed by atoms with E-state index in [0.717, 1.165) is 25.1 Å². The lowest BCUT2D eigenvalue weighted by molar-refractivity contribution is 0.311. The van der Waals surface area contributed by atoms with Crippen LogP contribution in [-0.4, -0.2) is 37.2 Å². The molecule has 132 valence electrons. The van der Waals surface area contributed by atoms with Crippen LogP contribution >= 0.6 is 0 Å². The van der Waals surface area contributed by atoms with Crippen LogP contribution in [0.15, 0.2) is 42.5 Å². The summed E-state index contributed by atoms with van der Waals surface area (Å²) >= 11 is 0. The van der Waals surface area contributed by atoms with Crippen molar-refractivity contribution in [3.05, 3.63) is 64.8 Å². The van der Waals surface area contributed by atoms with E-state index in [1.165, 1.54) is 33.4 Å². The smallest absolute Gasteiger partial charge is 0.0618 e. The monoisotopic (exact) mass is 343 g/mol. The zero-order chi connectivity index (χ0) is 18.3. The van der Waals surface area contributed by atoms with Crippen LogP contribution in [0.2, 0.25) is 0 Å². The summed E-state index contributed by atoms with van der Waals surface area (Å²) in [5, 5.41) is 1.35. The molecule has 1 aliphatic rings. The molecule has 0 aliphatic carbocycles. The van der Waals surface area contributed by atoms with E-state index in [9.17, 15) is 0 Å². The summed E-state index contributed by atoms with van der Waals surface area (Å²) in [5.41, 5.74) is 7.59. The molecular formula is C23H25N3. The normalized spacial score (nSPS) is 14.0. The van der Waals surface area contributed by atoms with Crippen molar-refractivity contribution in [3.63, 3.8) is 0 Å². The van der Waals surface area contributed by atoms with E-state index < -0.39 is 0 Å². The molecule has 3 heteroatoms. The highest BCUT2D eigenvalue weighted by atomic mass is 15.1. The third-order valence-electron chi connectivity index (χ3n) is 5.19. The molecule has 2 heterocycles. The largest absolute Gasteiger partial charge is 0.378 e. The highest BCUT2D eigenvalue weighted by Crippen LogP contribution is 2.30. The Balaban J connectivity index is 1.80. The summed E-state index contributed by atoms with van der Waals surface area (Å²) in [7, 11) is 6.30. The van der Waals surface area contributed by atoms with Gasteiger partial charge < -0.3 is 9.80 Å². The lowest BCUT2D eigenvalue weighted by Crippen LogP contribution is -2.27. The van der Waals surface area contributed by atoms with Crippen LogP contribution < -0.4 is 4.90 Å². The minimum absolute atomic E-state index is 1.00. The minimum atomic E-state index is 1.00. The van der Waals surface area contributed by atoms with Gasteiger partial charge in [0.1, 0.15) is 0 Å². The summed E-state index contributed by atoms with van der Waals surface area (Å²) in [5.74, 6) is 3.36. The van der Waals surface area contributed by atoms with Crippen LogP contribution in [0.5, 0.6) is 0 Å². The summed E-state index contributed by atoms with van der Waals surface area (Å²) < 4.78 is 2.22. The second kappa shape index (κ2) is 6.55. The number of hydrogen-bond donors (Lipinski definition) is 0. The highest BCUT2D eigenvalue weighted by molar-refractivity contribution is 5.87. The second-order valence-corrected chi connectivity index (χ2v) is 7.45. The maximum Gasteiger partial charge on any atom is 0.0618 e. The van der Waals surface area contributed by atoms with Crippen molar-refractivity contribution in [2.75, 3.05) is 32.6 Å². The van der Waals surface area contributed by atoms with Crippen LogP contribution in [0.4, 0.5) is 5.69 Å². The summed E-state index contributed by atoms with van der Waals surface area (Å²) in [6, 6.07) is 18.6. The van der Waals surface area contributed by atoms with Crippen molar-refractivity contribution >= 4 is 16.6 Å². The van der Waals surface area contributed by atoms with Gasteiger partial charge in [-0.2, -0.15) is 0 Å². The zero-order valence-corrected chi connectivity index (χ0v) is 16.0. The number of nitrogens with zero attached hydrogens (tertiary/aromatic N) is 3. The molecule has 0 saturated carbocycles. The number of benzene rings is 2. The van der Waals surface area contributed by atoms with Gasteiger partial charge in [0, 0.05) is 62.0 Å². The van der Waals surface area contributed by atoms with Crippen LogP contribution in [-0.2, 0) is 13.0 Å². The van der Waals surface area contributed by atoms with Crippen LogP contribution in [0.25, 0.3) is 10.9 Å². The molecule has 0 spiro atoms. The number of aromatic nitrogens is 1. The van der Waals surface area contributed by atoms with Gasteiger partial charge in [-0.05, 0) is 61.9 Å². The summed E-state index contributed by atoms with van der Waals surface area (Å²) in [6.45, 7) is 4.25. The SMILES string of the molecule is Cc1ccc2c(c1)c1c(n2C#Cc2ccc(N(C)C)cc2)CCN(C)C1. The van der Waals surface area contributed by atoms with Crippen LogP contribution in [0.3, 0.4) is 0 Å². The predicted octanol–water partition coefficient (Wildman–Crippen LogP) is 3.86. The Hall–Kier alpha value is -2.70. The highest BCUT2D eigenvalue weighted by Gasteiger charge is 2.21. The molecule has 0 atom stereocenters. The molecular weight excluding hydrogens is 318 g/mol. The van der Waals surface area contributed by atoms with Gasteiger partial charge in [-0.15, -0.1) is 0 Å². The Kier molecular flexibility index (Phi) is 4.22. The Morgan fingerprint density at radius 1 is 1.04 bits per heavy atom. The van der Waals surface area contributed by atoms with Gasteiger partial charge in [-0.1, -0.05) is 11.6 Å². The number of hydrogen-bond acceptors (Lipinski definition) is 2. The number of aryl methyl sites for hydroxylation is 1. The quantitative estimate of drug-likeness (QED) is 0.622. The maximum absolute atomic E-state index is 3.43. The molecule has 0 N–H and O–H groups in total. The predicted molar refractivity (Wildman–Crippen MR) is 110 cm³/mol. The minimum Gasteiger partial charge on any atom is -0.378 e. The molecule has 0 unspecified atom stereocenters. The van der Waals surface area contributed by atoms with Gasteiger partial charge in [0.2, 0.25) is 0 Å². The van der Waals surface area contributed by atoms with Crippen molar-refractivity contribution in [1.29, 1.82) is 0 Å². The van der Waals surface area contributed by atoms with Gasteiger partial charge in [0.05, 0.1) is 5.52 Å². The van der Waals surface area contributed by atoms with E-state index in [-0.39, 0.29) is 0 Å². The third-order valence-corrected chi connectivity index (χ3v) is 5.19. The van der Waals surface area contributed by atoms with Gasteiger partial charge in [-0.3, -0.25) is 4.57 Å². The van der Waals surface area contributed by atoms with Gasteiger partial charge >= 0.3 is 0 Å². The first kappa shape index (κ1) is 16.8. The van der Waals surface area contributed by atoms with E-state index >= 15 is 0 Å². The molecule has 0 fully saturated rings. The maximum atomic E-state index is 3.43. The fourth-order valence-corrected chi connectivity index (χ4v) is 3.70. The topological polar surface area (TPSA) is 11.4 Å². The first-order valence-electron chi connectivity index (χ1n) is 9.14. The Labute approximate surface area is 155 Å². The second-order valence-electron chi connectivity index (χ2n) is 7.45. The molecule has 3 aromatic rings. The van der Waals surface area contributed by atoms with Crippen molar-refractivity contribution in [3.8, 4) is 12.0 Å². The first-order chi connectivity index (χ1) is 12.5. The molecule has 3 nitrogen and oxygen atoms in total. The fraction of sp³-hybridized carbons (Fsp3) is 0.304. The van der Waals surface area contributed by atoms with Gasteiger partial charge in [-0.25, -0.2) is 0 Å². The van der Waals surface area contributed by atoms with Crippen molar-refractivity contribution < 1.29 is 0 Å². The fourth-order valence-electron chi connectivity index (χ4n) is 3.70. The number of likely N-dealkylation sites (N-methyl/N-ethyl adjacent to an activating group) is 1. The van der Waals surface area contributed by atoms with Crippen molar-refractivity contribution in [1.82, 2.24) is 9.47 Å². The Morgan fingerprint density at radius 2 is 1.81 bits per heavy atom. The van der Waals surface area contributed by atoms with E-state index in [1.807, 2.05) is 0 Å². The average Bonchev–Trinajstić information content (AvgIpc) is 2.92. The molecule has 2 aromatic carbocycles. The van der Waals surface area contributed by atoms with Gasteiger partial charge in [0.25, 0.3) is 0 Å². The molecule has 1 aromatic heterocycles. The van der Waals surface area contributed by atoms with E-state index in [4.69, 9.17) is 0 Å². The molecule has 0 radical (unpaired) electrons. The average molecular weight is 343 g/mol. The lowest BCUT2D eigenvalue weighted by Gasteiger charge is -2.23. The standard InChI is InChI=1S/C23H25N3/c1-17-5-10-22-20(15-17)21-16-25(4)13-12-23(21)26(22)14-11-18-6-8-19(9-7-18)24(2)3/h5-10,15H,12-13,16H2,1-4H3. The lowest BCUT2D eigenvalue weighted by atomic mass is 10.0. The number of anilines is 1. The van der Waals surface area contributed by atoms with Crippen LogP contribution in [0.1, 0.15) is 22.4 Å². The van der Waals surface area contributed by atoms with Crippen molar-refractivity contribution in [2.24, 2.45) is 0 Å². The third kappa shape index (κ3) is 2.98. The number of rotatable bonds is 1. The van der Waals surface area contributed by atoms with E-state index in [0.29, 0.717) is 0 Å². The van der Waals surface area contributed by atoms with Crippen LogP contribution in [0, 0.1) is 18.9 Å². The van der Waals surface area contributed by atoms with E-state index in [1.54, 1.807) is 0 Å². The van der Waals surface area contributed by atoms with Crippen molar-refractivity contribution in [2.45, 2.75) is 19.9 Å². The Bertz CT molecular complexity index is 1010. The molecule has 1 aliphatic heterocycles. The summed E-state index contributed by atoms with van der Waals surface area (Å²) in [4.78, 5) is 4.49. The Morgan fingerprint density at radius 3 is 2.54 bits per heavy atom. The molecule has 4 rings (SSSR count). The molecule has 0 saturated heterocycles. The summed E-state index contributed by atoms with van der Waals surface area (Å²) in [6.07, 6.45) is 1.05. The molecule has 0 amide bonds. The number of fused-ring (bicyclic) bond motifs is 3. The first-order valence-corrected chi connectivity index (χ1v) is 9.14.